The molecule has 3 nitrogen and oxygen atoms in total. The zero-order chi connectivity index (χ0) is 14.1. The predicted octanol–water partition coefficient (Wildman–Crippen LogP) is 2.76. The lowest BCUT2D eigenvalue weighted by Gasteiger charge is -2.26. The third-order valence-corrected chi connectivity index (χ3v) is 4.00. The van der Waals surface area contributed by atoms with E-state index in [2.05, 4.69) is 55.6 Å². The van der Waals surface area contributed by atoms with Crippen LogP contribution in [0, 0.1) is 0 Å². The summed E-state index contributed by atoms with van der Waals surface area (Å²) in [6.07, 6.45) is 3.36. The normalized spacial score (nSPS) is 12.9. The molecule has 1 N–H and O–H groups in total. The van der Waals surface area contributed by atoms with Crippen LogP contribution in [0.15, 0.2) is 18.2 Å². The molecule has 1 heterocycles. The molecule has 4 heteroatoms. The lowest BCUT2D eigenvalue weighted by Crippen LogP contribution is -2.33. The molecule has 0 radical (unpaired) electrons. The molecule has 0 saturated heterocycles. The van der Waals surface area contributed by atoms with Crippen LogP contribution in [0.2, 0.25) is 0 Å². The van der Waals surface area contributed by atoms with Gasteiger partial charge in [-0.05, 0) is 38.4 Å². The number of hydrogen-bond donors (Lipinski definition) is 1. The van der Waals surface area contributed by atoms with Gasteiger partial charge in [-0.3, -0.25) is 9.88 Å². The van der Waals surface area contributed by atoms with Crippen LogP contribution >= 0.6 is 11.8 Å². The highest BCUT2D eigenvalue weighted by molar-refractivity contribution is 7.98. The SMILES string of the molecule is CCNCc1cccc(CN(C)C(CC)CSC)n1. The van der Waals surface area contributed by atoms with Crippen LogP contribution in [0.3, 0.4) is 0 Å². The van der Waals surface area contributed by atoms with Crippen molar-refractivity contribution in [3.8, 4) is 0 Å². The van der Waals surface area contributed by atoms with Gasteiger partial charge in [0.05, 0.1) is 11.4 Å². The van der Waals surface area contributed by atoms with Crippen molar-refractivity contribution in [3.05, 3.63) is 29.6 Å². The molecule has 0 aliphatic rings. The molecule has 19 heavy (non-hydrogen) atoms. The van der Waals surface area contributed by atoms with E-state index in [1.54, 1.807) is 0 Å². The average molecular weight is 281 g/mol. The van der Waals surface area contributed by atoms with Crippen LogP contribution in [0.5, 0.6) is 0 Å². The minimum absolute atomic E-state index is 0.634. The molecule has 0 spiro atoms. The largest absolute Gasteiger partial charge is 0.311 e. The molecule has 1 atom stereocenters. The standard InChI is InChI=1S/C15H27N3S/c1-5-15(12-19-4)18(3)11-14-9-7-8-13(17-14)10-16-6-2/h7-9,15-16H,5-6,10-12H2,1-4H3. The van der Waals surface area contributed by atoms with E-state index in [1.165, 1.54) is 12.2 Å². The highest BCUT2D eigenvalue weighted by Gasteiger charge is 2.12. The Morgan fingerprint density at radius 2 is 2.05 bits per heavy atom. The molecular formula is C15H27N3S. The Labute approximate surface area is 122 Å². The van der Waals surface area contributed by atoms with E-state index in [-0.39, 0.29) is 0 Å². The number of aromatic nitrogens is 1. The Morgan fingerprint density at radius 3 is 2.68 bits per heavy atom. The van der Waals surface area contributed by atoms with Crippen molar-refractivity contribution in [2.75, 3.05) is 25.6 Å². The summed E-state index contributed by atoms with van der Waals surface area (Å²) in [4.78, 5) is 7.13. The Bertz CT molecular complexity index is 357. The first-order chi connectivity index (χ1) is 9.21. The van der Waals surface area contributed by atoms with Crippen molar-refractivity contribution in [1.29, 1.82) is 0 Å². The van der Waals surface area contributed by atoms with Gasteiger partial charge in [-0.25, -0.2) is 0 Å². The molecule has 1 unspecified atom stereocenters. The van der Waals surface area contributed by atoms with Gasteiger partial charge in [0.1, 0.15) is 0 Å². The van der Waals surface area contributed by atoms with Gasteiger partial charge in [0.25, 0.3) is 0 Å². The van der Waals surface area contributed by atoms with Gasteiger partial charge in [0.15, 0.2) is 0 Å². The molecule has 0 aromatic carbocycles. The summed E-state index contributed by atoms with van der Waals surface area (Å²) in [6, 6.07) is 6.95. The third-order valence-electron chi connectivity index (χ3n) is 3.29. The summed E-state index contributed by atoms with van der Waals surface area (Å²) in [5.74, 6) is 1.18. The summed E-state index contributed by atoms with van der Waals surface area (Å²) in [5.41, 5.74) is 2.29. The fourth-order valence-corrected chi connectivity index (χ4v) is 2.98. The number of nitrogens with zero attached hydrogens (tertiary/aromatic N) is 2. The van der Waals surface area contributed by atoms with Gasteiger partial charge < -0.3 is 5.32 Å². The monoisotopic (exact) mass is 281 g/mol. The van der Waals surface area contributed by atoms with Gasteiger partial charge in [0.2, 0.25) is 0 Å². The fourth-order valence-electron chi connectivity index (χ4n) is 2.10. The lowest BCUT2D eigenvalue weighted by molar-refractivity contribution is 0.245. The predicted molar refractivity (Wildman–Crippen MR) is 85.5 cm³/mol. The average Bonchev–Trinajstić information content (AvgIpc) is 2.42. The number of pyridine rings is 1. The molecule has 0 bridgehead atoms. The molecule has 0 saturated carbocycles. The smallest absolute Gasteiger partial charge is 0.0547 e. The summed E-state index contributed by atoms with van der Waals surface area (Å²) in [6.45, 7) is 7.14. The molecule has 0 aliphatic heterocycles. The van der Waals surface area contributed by atoms with Crippen LogP contribution in [-0.4, -0.2) is 41.5 Å². The first-order valence-corrected chi connectivity index (χ1v) is 8.45. The van der Waals surface area contributed by atoms with Gasteiger partial charge in [0, 0.05) is 24.9 Å². The highest BCUT2D eigenvalue weighted by atomic mass is 32.2. The van der Waals surface area contributed by atoms with Crippen LogP contribution in [0.25, 0.3) is 0 Å². The van der Waals surface area contributed by atoms with Gasteiger partial charge in [-0.15, -0.1) is 0 Å². The summed E-state index contributed by atoms with van der Waals surface area (Å²) >= 11 is 1.92. The second-order valence-corrected chi connectivity index (χ2v) is 5.74. The van der Waals surface area contributed by atoms with E-state index in [0.717, 1.165) is 31.0 Å². The quantitative estimate of drug-likeness (QED) is 0.753. The summed E-state index contributed by atoms with van der Waals surface area (Å²) < 4.78 is 0. The third kappa shape index (κ3) is 5.93. The summed E-state index contributed by atoms with van der Waals surface area (Å²) in [5, 5.41) is 3.32. The molecule has 108 valence electrons. The number of nitrogens with one attached hydrogen (secondary N) is 1. The molecule has 0 aliphatic carbocycles. The highest BCUT2D eigenvalue weighted by Crippen LogP contribution is 2.11. The van der Waals surface area contributed by atoms with Gasteiger partial charge >= 0.3 is 0 Å². The molecular weight excluding hydrogens is 254 g/mol. The Kier molecular flexibility index (Phi) is 8.10. The Hall–Kier alpha value is -0.580. The topological polar surface area (TPSA) is 28.2 Å². The number of thioether (sulfide) groups is 1. The van der Waals surface area contributed by atoms with Crippen molar-refractivity contribution in [2.45, 2.75) is 39.4 Å². The maximum Gasteiger partial charge on any atom is 0.0547 e. The zero-order valence-corrected chi connectivity index (χ0v) is 13.5. The second-order valence-electron chi connectivity index (χ2n) is 4.83. The van der Waals surface area contributed by atoms with E-state index in [1.807, 2.05) is 11.8 Å². The molecule has 0 fully saturated rings. The van der Waals surface area contributed by atoms with Crippen LogP contribution in [0.1, 0.15) is 31.7 Å². The maximum atomic E-state index is 4.72. The maximum absolute atomic E-state index is 4.72. The summed E-state index contributed by atoms with van der Waals surface area (Å²) in [7, 11) is 2.20. The van der Waals surface area contributed by atoms with Crippen molar-refractivity contribution in [1.82, 2.24) is 15.2 Å². The molecule has 1 aromatic heterocycles. The minimum Gasteiger partial charge on any atom is -0.311 e. The molecule has 0 amide bonds. The van der Waals surface area contributed by atoms with Crippen LogP contribution < -0.4 is 5.32 Å². The van der Waals surface area contributed by atoms with Crippen molar-refractivity contribution >= 4 is 11.8 Å². The van der Waals surface area contributed by atoms with E-state index < -0.39 is 0 Å². The first-order valence-electron chi connectivity index (χ1n) is 7.05. The van der Waals surface area contributed by atoms with E-state index in [0.29, 0.717) is 6.04 Å². The number of hydrogen-bond acceptors (Lipinski definition) is 4. The Morgan fingerprint density at radius 1 is 1.32 bits per heavy atom. The zero-order valence-electron chi connectivity index (χ0n) is 12.6. The number of rotatable bonds is 9. The minimum atomic E-state index is 0.634. The van der Waals surface area contributed by atoms with Crippen LogP contribution in [0.4, 0.5) is 0 Å². The van der Waals surface area contributed by atoms with Gasteiger partial charge in [-0.2, -0.15) is 11.8 Å². The second kappa shape index (κ2) is 9.34. The van der Waals surface area contributed by atoms with Crippen molar-refractivity contribution < 1.29 is 0 Å². The first kappa shape index (κ1) is 16.5. The van der Waals surface area contributed by atoms with E-state index in [9.17, 15) is 0 Å². The molecule has 1 rings (SSSR count). The van der Waals surface area contributed by atoms with E-state index >= 15 is 0 Å². The van der Waals surface area contributed by atoms with E-state index in [4.69, 9.17) is 4.98 Å². The van der Waals surface area contributed by atoms with Crippen LogP contribution in [-0.2, 0) is 13.1 Å². The van der Waals surface area contributed by atoms with Crippen molar-refractivity contribution in [2.24, 2.45) is 0 Å². The Balaban J connectivity index is 2.59. The molecule has 1 aromatic rings. The lowest BCUT2D eigenvalue weighted by atomic mass is 10.2. The fraction of sp³-hybridized carbons (Fsp3) is 0.667. The van der Waals surface area contributed by atoms with Gasteiger partial charge in [-0.1, -0.05) is 19.9 Å². The van der Waals surface area contributed by atoms with Crippen molar-refractivity contribution in [3.63, 3.8) is 0 Å².